The van der Waals surface area contributed by atoms with Gasteiger partial charge in [-0.15, -0.1) is 11.3 Å². The molecule has 0 saturated carbocycles. The van der Waals surface area contributed by atoms with Gasteiger partial charge in [0.25, 0.3) is 5.91 Å². The van der Waals surface area contributed by atoms with E-state index in [9.17, 15) is 9.59 Å². The van der Waals surface area contributed by atoms with Crippen molar-refractivity contribution in [1.29, 1.82) is 0 Å². The number of likely N-dealkylation sites (N-methyl/N-ethyl adjacent to an activating group) is 1. The van der Waals surface area contributed by atoms with Crippen LogP contribution in [-0.4, -0.2) is 57.8 Å². The maximum absolute atomic E-state index is 13.5. The first-order chi connectivity index (χ1) is 18.0. The third-order valence-electron chi connectivity index (χ3n) is 7.52. The number of hydrazine groups is 1. The zero-order valence-electron chi connectivity index (χ0n) is 20.8. The summed E-state index contributed by atoms with van der Waals surface area (Å²) in [5, 5.41) is 3.64. The van der Waals surface area contributed by atoms with Gasteiger partial charge < -0.3 is 9.80 Å². The van der Waals surface area contributed by atoms with Crippen LogP contribution in [0.15, 0.2) is 48.8 Å². The van der Waals surface area contributed by atoms with Gasteiger partial charge in [-0.3, -0.25) is 19.9 Å². The van der Waals surface area contributed by atoms with Crippen LogP contribution in [0.5, 0.6) is 0 Å². The number of rotatable bonds is 5. The van der Waals surface area contributed by atoms with Gasteiger partial charge in [-0.2, -0.15) is 0 Å². The fourth-order valence-electron chi connectivity index (χ4n) is 5.54. The van der Waals surface area contributed by atoms with Crippen LogP contribution in [0.3, 0.4) is 0 Å². The Morgan fingerprint density at radius 2 is 1.97 bits per heavy atom. The minimum absolute atomic E-state index is 0.0373. The van der Waals surface area contributed by atoms with Crippen LogP contribution in [0.25, 0.3) is 0 Å². The average molecular weight is 518 g/mol. The number of hydrogen-bond acceptors (Lipinski definition) is 8. The van der Waals surface area contributed by atoms with Crippen molar-refractivity contribution in [2.24, 2.45) is 0 Å². The molecule has 0 bridgehead atoms. The molecule has 2 saturated heterocycles. The summed E-state index contributed by atoms with van der Waals surface area (Å²) in [7, 11) is 2.10. The Morgan fingerprint density at radius 1 is 1.11 bits per heavy atom. The molecule has 2 unspecified atom stereocenters. The number of likely N-dealkylation sites (tertiary alicyclic amines) is 1. The quantitative estimate of drug-likeness (QED) is 0.478. The van der Waals surface area contributed by atoms with E-state index >= 15 is 0 Å². The monoisotopic (exact) mass is 517 g/mol. The molecule has 3 atom stereocenters. The van der Waals surface area contributed by atoms with E-state index in [1.165, 1.54) is 4.88 Å². The van der Waals surface area contributed by atoms with Gasteiger partial charge in [0, 0.05) is 54.9 Å². The average Bonchev–Trinajstić information content (AvgIpc) is 3.68. The molecule has 9 nitrogen and oxygen atoms in total. The Kier molecular flexibility index (Phi) is 6.72. The van der Waals surface area contributed by atoms with Crippen LogP contribution < -0.4 is 16.2 Å². The summed E-state index contributed by atoms with van der Waals surface area (Å²) in [5.41, 5.74) is 10.2. The number of thiazole rings is 1. The lowest BCUT2D eigenvalue weighted by molar-refractivity contribution is -0.134. The lowest BCUT2D eigenvalue weighted by Crippen LogP contribution is -2.45. The highest BCUT2D eigenvalue weighted by Crippen LogP contribution is 2.35. The number of nitrogens with zero attached hydrogens (tertiary/aromatic N) is 4. The predicted octanol–water partition coefficient (Wildman–Crippen LogP) is 3.05. The number of hydrogen-bond donors (Lipinski definition) is 3. The smallest absolute Gasteiger partial charge is 0.257 e. The highest BCUT2D eigenvalue weighted by atomic mass is 32.1. The lowest BCUT2D eigenvalue weighted by atomic mass is 9.99. The number of amides is 2. The number of carbonyl (C=O) groups excluding carboxylic acids is 2. The summed E-state index contributed by atoms with van der Waals surface area (Å²) in [4.78, 5) is 40.8. The van der Waals surface area contributed by atoms with E-state index in [4.69, 9.17) is 0 Å². The van der Waals surface area contributed by atoms with Crippen molar-refractivity contribution in [1.82, 2.24) is 30.6 Å². The molecule has 2 fully saturated rings. The Bertz CT molecular complexity index is 1300. The Morgan fingerprint density at radius 3 is 2.84 bits per heavy atom. The first-order valence-corrected chi connectivity index (χ1v) is 13.7. The molecule has 0 spiro atoms. The third-order valence-corrected chi connectivity index (χ3v) is 8.52. The first kappa shape index (κ1) is 24.2. The molecule has 5 heterocycles. The largest absolute Gasteiger partial charge is 0.334 e. The van der Waals surface area contributed by atoms with Crippen LogP contribution >= 0.6 is 11.3 Å². The van der Waals surface area contributed by atoms with E-state index in [-0.39, 0.29) is 29.9 Å². The van der Waals surface area contributed by atoms with Crippen LogP contribution in [-0.2, 0) is 17.8 Å². The van der Waals surface area contributed by atoms with E-state index < -0.39 is 0 Å². The second-order valence-corrected chi connectivity index (χ2v) is 11.1. The van der Waals surface area contributed by atoms with Gasteiger partial charge in [0.05, 0.1) is 11.7 Å². The number of carbonyl (C=O) groups is 2. The predicted molar refractivity (Wildman–Crippen MR) is 142 cm³/mol. The van der Waals surface area contributed by atoms with Crippen molar-refractivity contribution < 1.29 is 9.59 Å². The van der Waals surface area contributed by atoms with Gasteiger partial charge in [-0.05, 0) is 61.7 Å². The highest BCUT2D eigenvalue weighted by Gasteiger charge is 2.38. The first-order valence-electron chi connectivity index (χ1n) is 12.8. The minimum atomic E-state index is -0.291. The van der Waals surface area contributed by atoms with Crippen LogP contribution in [0.4, 0.5) is 5.13 Å². The maximum atomic E-state index is 13.5. The van der Waals surface area contributed by atoms with Crippen molar-refractivity contribution in [2.75, 3.05) is 25.5 Å². The minimum Gasteiger partial charge on any atom is -0.334 e. The molecular weight excluding hydrogens is 486 g/mol. The van der Waals surface area contributed by atoms with Gasteiger partial charge in [0.15, 0.2) is 5.13 Å². The van der Waals surface area contributed by atoms with Gasteiger partial charge in [0.1, 0.15) is 6.04 Å². The van der Waals surface area contributed by atoms with E-state index in [0.29, 0.717) is 17.1 Å². The molecule has 6 rings (SSSR count). The summed E-state index contributed by atoms with van der Waals surface area (Å²) in [5.74, 6) is -0.0706. The van der Waals surface area contributed by atoms with E-state index in [2.05, 4.69) is 38.1 Å². The number of pyridine rings is 1. The Hall–Kier alpha value is -3.18. The molecule has 2 aromatic heterocycles. The van der Waals surface area contributed by atoms with Gasteiger partial charge >= 0.3 is 0 Å². The van der Waals surface area contributed by atoms with Crippen molar-refractivity contribution in [3.63, 3.8) is 0 Å². The fraction of sp³-hybridized carbons (Fsp3) is 0.407. The number of benzene rings is 1. The van der Waals surface area contributed by atoms with Crippen molar-refractivity contribution in [3.05, 3.63) is 76.1 Å². The summed E-state index contributed by atoms with van der Waals surface area (Å²) in [6, 6.07) is 11.4. The molecule has 0 aliphatic carbocycles. The molecule has 3 aliphatic heterocycles. The molecule has 3 aliphatic rings. The highest BCUT2D eigenvalue weighted by molar-refractivity contribution is 7.15. The molecular formula is C27H31N7O2S. The summed E-state index contributed by atoms with van der Waals surface area (Å²) in [6.45, 7) is 2.58. The van der Waals surface area contributed by atoms with E-state index in [0.717, 1.165) is 55.7 Å². The molecule has 10 heteroatoms. The van der Waals surface area contributed by atoms with Crippen molar-refractivity contribution >= 4 is 28.3 Å². The summed E-state index contributed by atoms with van der Waals surface area (Å²) >= 11 is 1.55. The molecule has 3 aromatic rings. The van der Waals surface area contributed by atoms with Gasteiger partial charge in [-0.1, -0.05) is 12.1 Å². The number of nitrogens with one attached hydrogen (secondary N) is 3. The van der Waals surface area contributed by atoms with Crippen molar-refractivity contribution in [2.45, 2.75) is 50.4 Å². The van der Waals surface area contributed by atoms with Crippen LogP contribution in [0, 0.1) is 0 Å². The normalized spacial score (nSPS) is 23.7. The topological polar surface area (TPSA) is 102 Å². The Balaban J connectivity index is 1.13. The van der Waals surface area contributed by atoms with Crippen LogP contribution in [0.2, 0.25) is 0 Å². The summed E-state index contributed by atoms with van der Waals surface area (Å²) < 4.78 is 0. The third kappa shape index (κ3) is 5.02. The second-order valence-electron chi connectivity index (χ2n) is 10.1. The maximum Gasteiger partial charge on any atom is 0.257 e. The SMILES string of the molecule is CN1CCc2nc(NC(=O)c3cccc([C@H]4CCCN4C(=O)C4CC(c5ccncc5)NN4)c3)sc2C1. The molecule has 3 N–H and O–H groups in total. The number of aromatic nitrogens is 2. The summed E-state index contributed by atoms with van der Waals surface area (Å²) in [6.07, 6.45) is 6.97. The fourth-order valence-corrected chi connectivity index (χ4v) is 6.63. The van der Waals surface area contributed by atoms with Gasteiger partial charge in [-0.25, -0.2) is 15.8 Å². The zero-order chi connectivity index (χ0) is 25.4. The second kappa shape index (κ2) is 10.3. The van der Waals surface area contributed by atoms with E-state index in [1.807, 2.05) is 41.3 Å². The van der Waals surface area contributed by atoms with E-state index in [1.54, 1.807) is 23.7 Å². The zero-order valence-corrected chi connectivity index (χ0v) is 21.6. The van der Waals surface area contributed by atoms with Crippen LogP contribution in [0.1, 0.15) is 63.4 Å². The Labute approximate surface area is 220 Å². The molecule has 2 amide bonds. The molecule has 37 heavy (non-hydrogen) atoms. The standard InChI is InChI=1S/C27H31N7O2S/c1-33-13-9-20-24(16-33)37-27(29-20)30-25(35)19-5-2-4-18(14-19)23-6-3-12-34(23)26(36)22-15-21(31-32-22)17-7-10-28-11-8-17/h2,4-5,7-8,10-11,14,21-23,31-32H,3,6,9,12-13,15-16H2,1H3,(H,29,30,35)/t21?,22?,23-/m1/s1. The molecule has 192 valence electrons. The molecule has 0 radical (unpaired) electrons. The molecule has 1 aromatic carbocycles. The van der Waals surface area contributed by atoms with Crippen molar-refractivity contribution in [3.8, 4) is 0 Å². The number of fused-ring (bicyclic) bond motifs is 1. The lowest BCUT2D eigenvalue weighted by Gasteiger charge is -2.28. The van der Waals surface area contributed by atoms with Gasteiger partial charge in [0.2, 0.25) is 5.91 Å². The number of anilines is 1.